The minimum absolute atomic E-state index is 0.749. The lowest BCUT2D eigenvalue weighted by Gasteiger charge is -2.15. The molecule has 2 nitrogen and oxygen atoms in total. The largest absolute Gasteiger partial charge is 0.330 e. The Labute approximate surface area is 98.4 Å². The molecular formula is C14H22N2. The van der Waals surface area contributed by atoms with Gasteiger partial charge in [-0.3, -0.25) is 0 Å². The van der Waals surface area contributed by atoms with E-state index in [0.29, 0.717) is 0 Å². The van der Waals surface area contributed by atoms with Crippen molar-refractivity contribution in [3.8, 4) is 0 Å². The molecule has 1 unspecified atom stereocenters. The fourth-order valence-corrected chi connectivity index (χ4v) is 2.51. The SMILES string of the molecule is NCCCCN1CCC(c2ccccc2)C1. The van der Waals surface area contributed by atoms with Gasteiger partial charge in [0.1, 0.15) is 0 Å². The van der Waals surface area contributed by atoms with Crippen LogP contribution in [0.4, 0.5) is 0 Å². The van der Waals surface area contributed by atoms with Crippen LogP contribution < -0.4 is 5.73 Å². The smallest absolute Gasteiger partial charge is 0.00507 e. The molecule has 1 fully saturated rings. The van der Waals surface area contributed by atoms with Crippen LogP contribution in [0.5, 0.6) is 0 Å². The standard InChI is InChI=1S/C14H22N2/c15-9-4-5-10-16-11-8-14(12-16)13-6-2-1-3-7-13/h1-3,6-7,14H,4-5,8-12,15H2. The van der Waals surface area contributed by atoms with Crippen LogP contribution in [-0.2, 0) is 0 Å². The molecule has 0 saturated carbocycles. The Morgan fingerprint density at radius 3 is 2.75 bits per heavy atom. The third-order valence-electron chi connectivity index (χ3n) is 3.47. The summed E-state index contributed by atoms with van der Waals surface area (Å²) in [5, 5.41) is 0. The molecular weight excluding hydrogens is 196 g/mol. The van der Waals surface area contributed by atoms with Gasteiger partial charge in [-0.05, 0) is 50.4 Å². The second-order valence-electron chi connectivity index (χ2n) is 4.69. The average molecular weight is 218 g/mol. The van der Waals surface area contributed by atoms with Crippen molar-refractivity contribution in [2.24, 2.45) is 5.73 Å². The second-order valence-corrected chi connectivity index (χ2v) is 4.69. The van der Waals surface area contributed by atoms with E-state index < -0.39 is 0 Å². The lowest BCUT2D eigenvalue weighted by Crippen LogP contribution is -2.22. The fraction of sp³-hybridized carbons (Fsp3) is 0.571. The molecule has 2 heteroatoms. The van der Waals surface area contributed by atoms with Crippen molar-refractivity contribution in [3.05, 3.63) is 35.9 Å². The van der Waals surface area contributed by atoms with Gasteiger partial charge in [0.05, 0.1) is 0 Å². The molecule has 2 N–H and O–H groups in total. The number of likely N-dealkylation sites (tertiary alicyclic amines) is 1. The van der Waals surface area contributed by atoms with Crippen LogP contribution in [-0.4, -0.2) is 31.1 Å². The van der Waals surface area contributed by atoms with Crippen molar-refractivity contribution in [1.82, 2.24) is 4.90 Å². The first kappa shape index (κ1) is 11.6. The van der Waals surface area contributed by atoms with E-state index in [1.165, 1.54) is 38.0 Å². The number of benzene rings is 1. The summed E-state index contributed by atoms with van der Waals surface area (Å²) in [4.78, 5) is 2.58. The predicted octanol–water partition coefficient (Wildman–Crippen LogP) is 2.21. The second kappa shape index (κ2) is 6.02. The Morgan fingerprint density at radius 2 is 2.00 bits per heavy atom. The van der Waals surface area contributed by atoms with E-state index >= 15 is 0 Å². The maximum absolute atomic E-state index is 5.51. The average Bonchev–Trinajstić information content (AvgIpc) is 2.79. The van der Waals surface area contributed by atoms with Gasteiger partial charge in [-0.25, -0.2) is 0 Å². The van der Waals surface area contributed by atoms with E-state index in [9.17, 15) is 0 Å². The molecule has 1 atom stereocenters. The number of hydrogen-bond donors (Lipinski definition) is 1. The molecule has 1 saturated heterocycles. The summed E-state index contributed by atoms with van der Waals surface area (Å²) in [6, 6.07) is 10.9. The molecule has 0 radical (unpaired) electrons. The van der Waals surface area contributed by atoms with Crippen LogP contribution in [0.25, 0.3) is 0 Å². The molecule has 1 heterocycles. The molecule has 1 aromatic rings. The van der Waals surface area contributed by atoms with Crippen molar-refractivity contribution >= 4 is 0 Å². The molecule has 0 aromatic heterocycles. The van der Waals surface area contributed by atoms with Gasteiger partial charge in [0.25, 0.3) is 0 Å². The van der Waals surface area contributed by atoms with Crippen LogP contribution in [0.3, 0.4) is 0 Å². The highest BCUT2D eigenvalue weighted by Gasteiger charge is 2.22. The van der Waals surface area contributed by atoms with Crippen LogP contribution >= 0.6 is 0 Å². The van der Waals surface area contributed by atoms with Gasteiger partial charge in [-0.15, -0.1) is 0 Å². The summed E-state index contributed by atoms with van der Waals surface area (Å²) < 4.78 is 0. The molecule has 1 aromatic carbocycles. The Balaban J connectivity index is 1.79. The van der Waals surface area contributed by atoms with Gasteiger partial charge in [-0.2, -0.15) is 0 Å². The number of rotatable bonds is 5. The molecule has 1 aliphatic rings. The van der Waals surface area contributed by atoms with Gasteiger partial charge in [0, 0.05) is 6.54 Å². The highest BCUT2D eigenvalue weighted by Crippen LogP contribution is 2.26. The van der Waals surface area contributed by atoms with Crippen LogP contribution in [0.2, 0.25) is 0 Å². The quantitative estimate of drug-likeness (QED) is 0.768. The first-order valence-electron chi connectivity index (χ1n) is 6.37. The Kier molecular flexibility index (Phi) is 4.37. The molecule has 0 aliphatic carbocycles. The summed E-state index contributed by atoms with van der Waals surface area (Å²) in [6.45, 7) is 4.54. The van der Waals surface area contributed by atoms with E-state index in [0.717, 1.165) is 18.9 Å². The zero-order valence-corrected chi connectivity index (χ0v) is 9.94. The number of unbranched alkanes of at least 4 members (excludes halogenated alkanes) is 1. The van der Waals surface area contributed by atoms with Gasteiger partial charge in [0.2, 0.25) is 0 Å². The Morgan fingerprint density at radius 1 is 1.19 bits per heavy atom. The number of nitrogens with two attached hydrogens (primary N) is 1. The van der Waals surface area contributed by atoms with Crippen molar-refractivity contribution < 1.29 is 0 Å². The first-order chi connectivity index (χ1) is 7.90. The summed E-state index contributed by atoms with van der Waals surface area (Å²) in [7, 11) is 0. The van der Waals surface area contributed by atoms with Gasteiger partial charge < -0.3 is 10.6 Å². The third-order valence-corrected chi connectivity index (χ3v) is 3.47. The maximum Gasteiger partial charge on any atom is 0.00507 e. The molecule has 0 spiro atoms. The summed E-state index contributed by atoms with van der Waals surface area (Å²) in [6.07, 6.45) is 3.72. The van der Waals surface area contributed by atoms with Crippen molar-refractivity contribution in [2.45, 2.75) is 25.2 Å². The van der Waals surface area contributed by atoms with Gasteiger partial charge in [-0.1, -0.05) is 30.3 Å². The van der Waals surface area contributed by atoms with Crippen LogP contribution in [0, 0.1) is 0 Å². The van der Waals surface area contributed by atoms with E-state index in [2.05, 4.69) is 35.2 Å². The van der Waals surface area contributed by atoms with Crippen LogP contribution in [0.15, 0.2) is 30.3 Å². The molecule has 88 valence electrons. The lowest BCUT2D eigenvalue weighted by molar-refractivity contribution is 0.327. The predicted molar refractivity (Wildman–Crippen MR) is 68.5 cm³/mol. The summed E-state index contributed by atoms with van der Waals surface area (Å²) >= 11 is 0. The van der Waals surface area contributed by atoms with E-state index in [-0.39, 0.29) is 0 Å². The Bertz CT molecular complexity index is 297. The fourth-order valence-electron chi connectivity index (χ4n) is 2.51. The molecule has 0 bridgehead atoms. The summed E-state index contributed by atoms with van der Waals surface area (Å²) in [5.41, 5.74) is 7.02. The summed E-state index contributed by atoms with van der Waals surface area (Å²) in [5.74, 6) is 0.749. The normalized spacial score (nSPS) is 21.4. The molecule has 1 aliphatic heterocycles. The number of nitrogens with zero attached hydrogens (tertiary/aromatic N) is 1. The maximum atomic E-state index is 5.51. The Hall–Kier alpha value is -0.860. The van der Waals surface area contributed by atoms with Crippen molar-refractivity contribution in [1.29, 1.82) is 0 Å². The minimum atomic E-state index is 0.749. The van der Waals surface area contributed by atoms with Gasteiger partial charge >= 0.3 is 0 Å². The monoisotopic (exact) mass is 218 g/mol. The highest BCUT2D eigenvalue weighted by atomic mass is 15.1. The number of hydrogen-bond acceptors (Lipinski definition) is 2. The molecule has 2 rings (SSSR count). The zero-order chi connectivity index (χ0) is 11.2. The van der Waals surface area contributed by atoms with Crippen molar-refractivity contribution in [3.63, 3.8) is 0 Å². The minimum Gasteiger partial charge on any atom is -0.330 e. The zero-order valence-electron chi connectivity index (χ0n) is 9.94. The highest BCUT2D eigenvalue weighted by molar-refractivity contribution is 5.20. The van der Waals surface area contributed by atoms with E-state index in [4.69, 9.17) is 5.73 Å². The van der Waals surface area contributed by atoms with E-state index in [1.54, 1.807) is 0 Å². The third kappa shape index (κ3) is 3.06. The van der Waals surface area contributed by atoms with Crippen LogP contribution in [0.1, 0.15) is 30.7 Å². The van der Waals surface area contributed by atoms with Crippen molar-refractivity contribution in [2.75, 3.05) is 26.2 Å². The van der Waals surface area contributed by atoms with E-state index in [1.807, 2.05) is 0 Å². The molecule has 0 amide bonds. The topological polar surface area (TPSA) is 29.3 Å². The van der Waals surface area contributed by atoms with Gasteiger partial charge in [0.15, 0.2) is 0 Å². The lowest BCUT2D eigenvalue weighted by atomic mass is 9.99. The molecule has 16 heavy (non-hydrogen) atoms. The first-order valence-corrected chi connectivity index (χ1v) is 6.37.